The number of piperidine rings is 1. The molecule has 1 aliphatic heterocycles. The Labute approximate surface area is 123 Å². The molecule has 2 rings (SSSR count). The van der Waals surface area contributed by atoms with Crippen molar-refractivity contribution in [3.8, 4) is 5.75 Å². The van der Waals surface area contributed by atoms with E-state index in [1.54, 1.807) is 37.3 Å². The highest BCUT2D eigenvalue weighted by molar-refractivity contribution is 6.31. The minimum Gasteiger partial charge on any atom is -0.497 e. The van der Waals surface area contributed by atoms with Crippen molar-refractivity contribution in [3.63, 3.8) is 0 Å². The molecular formula is C14H19ClN2O3. The number of amides is 1. The summed E-state index contributed by atoms with van der Waals surface area (Å²) < 4.78 is 10.5. The van der Waals surface area contributed by atoms with Crippen molar-refractivity contribution in [3.05, 3.63) is 28.8 Å². The maximum absolute atomic E-state index is 12.5. The number of ether oxygens (including phenoxy) is 2. The topological polar surface area (TPSA) is 64.8 Å². The molecule has 0 spiro atoms. The Morgan fingerprint density at radius 3 is 2.80 bits per heavy atom. The van der Waals surface area contributed by atoms with Gasteiger partial charge in [-0.3, -0.25) is 4.79 Å². The predicted octanol–water partition coefficient (Wildman–Crippen LogP) is 1.54. The molecule has 0 radical (unpaired) electrons. The Hall–Kier alpha value is -1.30. The van der Waals surface area contributed by atoms with Crippen LogP contribution in [0.15, 0.2) is 18.2 Å². The molecule has 0 unspecified atom stereocenters. The van der Waals surface area contributed by atoms with Crippen LogP contribution in [0.3, 0.4) is 0 Å². The van der Waals surface area contributed by atoms with Crippen LogP contribution in [0.1, 0.15) is 16.8 Å². The third kappa shape index (κ3) is 3.23. The molecule has 0 aromatic heterocycles. The first-order chi connectivity index (χ1) is 9.55. The van der Waals surface area contributed by atoms with E-state index >= 15 is 0 Å². The van der Waals surface area contributed by atoms with Crippen LogP contribution in [-0.2, 0) is 4.74 Å². The number of nitrogens with zero attached hydrogens (tertiary/aromatic N) is 1. The highest BCUT2D eigenvalue weighted by Gasteiger charge is 2.29. The zero-order chi connectivity index (χ0) is 14.7. The second-order valence-corrected chi connectivity index (χ2v) is 5.29. The maximum atomic E-state index is 12.5. The average Bonchev–Trinajstić information content (AvgIpc) is 2.46. The van der Waals surface area contributed by atoms with Crippen LogP contribution >= 0.6 is 11.6 Å². The number of rotatable bonds is 3. The molecule has 0 saturated carbocycles. The Bertz CT molecular complexity index is 495. The first kappa shape index (κ1) is 15.1. The lowest BCUT2D eigenvalue weighted by atomic mass is 10.0. The van der Waals surface area contributed by atoms with Crippen LogP contribution in [0.4, 0.5) is 0 Å². The lowest BCUT2D eigenvalue weighted by molar-refractivity contribution is 0.0162. The van der Waals surface area contributed by atoms with Gasteiger partial charge in [0.05, 0.1) is 13.2 Å². The third-order valence-corrected chi connectivity index (χ3v) is 3.77. The van der Waals surface area contributed by atoms with E-state index < -0.39 is 0 Å². The van der Waals surface area contributed by atoms with Crippen molar-refractivity contribution in [2.45, 2.75) is 18.6 Å². The molecule has 20 heavy (non-hydrogen) atoms. The highest BCUT2D eigenvalue weighted by atomic mass is 35.5. The minimum atomic E-state index is -0.131. The highest BCUT2D eigenvalue weighted by Crippen LogP contribution is 2.23. The van der Waals surface area contributed by atoms with Gasteiger partial charge in [0, 0.05) is 36.8 Å². The Morgan fingerprint density at radius 2 is 2.15 bits per heavy atom. The van der Waals surface area contributed by atoms with Crippen molar-refractivity contribution in [1.82, 2.24) is 4.90 Å². The molecule has 1 fully saturated rings. The normalized spacial score (nSPS) is 22.7. The number of methoxy groups -OCH3 is 2. The SMILES string of the molecule is COc1cc(Cl)cc(C(=O)N2CC[C@@H](N)[C@@H](OC)C2)c1. The maximum Gasteiger partial charge on any atom is 0.254 e. The van der Waals surface area contributed by atoms with Gasteiger partial charge in [0.1, 0.15) is 5.75 Å². The van der Waals surface area contributed by atoms with E-state index in [2.05, 4.69) is 0 Å². The summed E-state index contributed by atoms with van der Waals surface area (Å²) in [5, 5.41) is 0.477. The van der Waals surface area contributed by atoms with E-state index in [-0.39, 0.29) is 18.1 Å². The fourth-order valence-electron chi connectivity index (χ4n) is 2.36. The van der Waals surface area contributed by atoms with Gasteiger partial charge in [0.15, 0.2) is 0 Å². The number of halogens is 1. The fourth-order valence-corrected chi connectivity index (χ4v) is 2.58. The monoisotopic (exact) mass is 298 g/mol. The van der Waals surface area contributed by atoms with E-state index in [9.17, 15) is 4.79 Å². The van der Waals surface area contributed by atoms with Crippen molar-refractivity contribution in [1.29, 1.82) is 0 Å². The molecule has 1 heterocycles. The van der Waals surface area contributed by atoms with Crippen molar-refractivity contribution < 1.29 is 14.3 Å². The molecule has 1 saturated heterocycles. The number of hydrogen-bond acceptors (Lipinski definition) is 4. The standard InChI is InChI=1S/C14H19ClN2O3/c1-19-11-6-9(5-10(15)7-11)14(18)17-4-3-12(16)13(8-17)20-2/h5-7,12-13H,3-4,8,16H2,1-2H3/t12-,13+/m1/s1. The number of nitrogens with two attached hydrogens (primary N) is 1. The molecule has 2 N–H and O–H groups in total. The summed E-state index contributed by atoms with van der Waals surface area (Å²) in [6.45, 7) is 1.11. The smallest absolute Gasteiger partial charge is 0.254 e. The summed E-state index contributed by atoms with van der Waals surface area (Å²) in [5.41, 5.74) is 6.47. The number of carbonyl (C=O) groups excluding carboxylic acids is 1. The second kappa shape index (κ2) is 6.43. The Morgan fingerprint density at radius 1 is 1.40 bits per heavy atom. The molecule has 0 bridgehead atoms. The van der Waals surface area contributed by atoms with E-state index in [0.29, 0.717) is 29.4 Å². The molecule has 1 aromatic rings. The summed E-state index contributed by atoms with van der Waals surface area (Å²) in [4.78, 5) is 14.2. The lowest BCUT2D eigenvalue weighted by Gasteiger charge is -2.36. The number of hydrogen-bond donors (Lipinski definition) is 1. The van der Waals surface area contributed by atoms with Crippen molar-refractivity contribution >= 4 is 17.5 Å². The fraction of sp³-hybridized carbons (Fsp3) is 0.500. The third-order valence-electron chi connectivity index (χ3n) is 3.55. The van der Waals surface area contributed by atoms with Crippen LogP contribution in [-0.4, -0.2) is 50.3 Å². The largest absolute Gasteiger partial charge is 0.497 e. The molecule has 0 aliphatic carbocycles. The van der Waals surface area contributed by atoms with Gasteiger partial charge in [-0.2, -0.15) is 0 Å². The molecule has 1 aromatic carbocycles. The molecule has 1 amide bonds. The van der Waals surface area contributed by atoms with Crippen LogP contribution < -0.4 is 10.5 Å². The van der Waals surface area contributed by atoms with Crippen LogP contribution in [0, 0.1) is 0 Å². The van der Waals surface area contributed by atoms with Crippen LogP contribution in [0.2, 0.25) is 5.02 Å². The van der Waals surface area contributed by atoms with E-state index in [1.807, 2.05) is 0 Å². The second-order valence-electron chi connectivity index (χ2n) is 4.86. The van der Waals surface area contributed by atoms with Crippen molar-refractivity contribution in [2.24, 2.45) is 5.73 Å². The first-order valence-electron chi connectivity index (χ1n) is 6.47. The van der Waals surface area contributed by atoms with Gasteiger partial charge < -0.3 is 20.1 Å². The molecule has 110 valence electrons. The summed E-state index contributed by atoms with van der Waals surface area (Å²) >= 11 is 6.00. The van der Waals surface area contributed by atoms with Crippen LogP contribution in [0.25, 0.3) is 0 Å². The molecular weight excluding hydrogens is 280 g/mol. The van der Waals surface area contributed by atoms with E-state index in [1.165, 1.54) is 0 Å². The number of likely N-dealkylation sites (tertiary alicyclic amines) is 1. The summed E-state index contributed by atoms with van der Waals surface area (Å²) in [6.07, 6.45) is 0.593. The van der Waals surface area contributed by atoms with Gasteiger partial charge in [0.25, 0.3) is 5.91 Å². The molecule has 2 atom stereocenters. The minimum absolute atomic E-state index is 0.0297. The Kier molecular flexibility index (Phi) is 4.86. The van der Waals surface area contributed by atoms with Gasteiger partial charge in [-0.05, 0) is 24.6 Å². The van der Waals surface area contributed by atoms with Crippen molar-refractivity contribution in [2.75, 3.05) is 27.3 Å². The molecule has 5 nitrogen and oxygen atoms in total. The summed E-state index contributed by atoms with van der Waals surface area (Å²) in [6, 6.07) is 4.97. The quantitative estimate of drug-likeness (QED) is 0.919. The first-order valence-corrected chi connectivity index (χ1v) is 6.85. The summed E-state index contributed by atoms with van der Waals surface area (Å²) in [7, 11) is 3.15. The van der Waals surface area contributed by atoms with Crippen LogP contribution in [0.5, 0.6) is 5.75 Å². The van der Waals surface area contributed by atoms with E-state index in [0.717, 1.165) is 6.42 Å². The average molecular weight is 299 g/mol. The Balaban J connectivity index is 2.17. The number of benzene rings is 1. The zero-order valence-corrected chi connectivity index (χ0v) is 12.4. The molecule has 1 aliphatic rings. The van der Waals surface area contributed by atoms with E-state index in [4.69, 9.17) is 26.8 Å². The number of carbonyl (C=O) groups is 1. The van der Waals surface area contributed by atoms with Gasteiger partial charge >= 0.3 is 0 Å². The molecule has 6 heteroatoms. The lowest BCUT2D eigenvalue weighted by Crippen LogP contribution is -2.53. The predicted molar refractivity (Wildman–Crippen MR) is 77.3 cm³/mol. The summed E-state index contributed by atoms with van der Waals surface area (Å²) in [5.74, 6) is 0.484. The van der Waals surface area contributed by atoms with Gasteiger partial charge in [-0.1, -0.05) is 11.6 Å². The zero-order valence-electron chi connectivity index (χ0n) is 11.6. The van der Waals surface area contributed by atoms with Gasteiger partial charge in [-0.25, -0.2) is 0 Å². The van der Waals surface area contributed by atoms with Gasteiger partial charge in [-0.15, -0.1) is 0 Å². The van der Waals surface area contributed by atoms with Gasteiger partial charge in [0.2, 0.25) is 0 Å².